The average molecular weight is 306 g/mol. The molecular formula is C20H34O2. The molecule has 2 bridgehead atoms. The third-order valence-corrected chi connectivity index (χ3v) is 9.33. The molecule has 0 aliphatic heterocycles. The highest BCUT2D eigenvalue weighted by Crippen LogP contribution is 2.78. The van der Waals surface area contributed by atoms with E-state index in [-0.39, 0.29) is 11.5 Å². The van der Waals surface area contributed by atoms with E-state index in [2.05, 4.69) is 34.6 Å². The first-order chi connectivity index (χ1) is 10.1. The predicted molar refractivity (Wildman–Crippen MR) is 88.3 cm³/mol. The van der Waals surface area contributed by atoms with Crippen LogP contribution in [0.5, 0.6) is 0 Å². The molecule has 1 spiro atoms. The first-order valence-corrected chi connectivity index (χ1v) is 9.47. The molecule has 0 heterocycles. The van der Waals surface area contributed by atoms with Gasteiger partial charge in [-0.25, -0.2) is 0 Å². The van der Waals surface area contributed by atoms with Crippen LogP contribution in [0.2, 0.25) is 0 Å². The zero-order valence-corrected chi connectivity index (χ0v) is 15.0. The van der Waals surface area contributed by atoms with Crippen molar-refractivity contribution in [1.29, 1.82) is 0 Å². The molecule has 4 aliphatic rings. The summed E-state index contributed by atoms with van der Waals surface area (Å²) in [7, 11) is 0. The Balaban J connectivity index is 1.92. The summed E-state index contributed by atoms with van der Waals surface area (Å²) in [6.45, 7) is 11.8. The van der Waals surface area contributed by atoms with E-state index in [4.69, 9.17) is 0 Å². The SMILES string of the molecule is CC1CC(O)C2CC3(C)CCC4C3C1(CCC4(C)O)C2(C)C. The maximum atomic E-state index is 11.1. The highest BCUT2D eigenvalue weighted by atomic mass is 16.3. The smallest absolute Gasteiger partial charge is 0.0651 e. The Bertz CT molecular complexity index is 496. The zero-order valence-electron chi connectivity index (χ0n) is 15.0. The van der Waals surface area contributed by atoms with Crippen LogP contribution < -0.4 is 0 Å². The molecule has 0 aromatic carbocycles. The van der Waals surface area contributed by atoms with E-state index in [0.717, 1.165) is 25.7 Å². The molecule has 22 heavy (non-hydrogen) atoms. The Labute approximate surface area is 135 Å². The molecule has 0 saturated heterocycles. The van der Waals surface area contributed by atoms with Gasteiger partial charge in [-0.15, -0.1) is 0 Å². The maximum Gasteiger partial charge on any atom is 0.0651 e. The van der Waals surface area contributed by atoms with E-state index >= 15 is 0 Å². The number of fused-ring (bicyclic) bond motifs is 1. The van der Waals surface area contributed by atoms with E-state index in [1.807, 2.05) is 0 Å². The van der Waals surface area contributed by atoms with Crippen molar-refractivity contribution in [1.82, 2.24) is 0 Å². The molecule has 4 aliphatic carbocycles. The van der Waals surface area contributed by atoms with Crippen LogP contribution in [-0.2, 0) is 0 Å². The lowest BCUT2D eigenvalue weighted by Gasteiger charge is -2.72. The lowest BCUT2D eigenvalue weighted by atomic mass is 9.32. The molecule has 4 saturated carbocycles. The van der Waals surface area contributed by atoms with Crippen molar-refractivity contribution in [2.75, 3.05) is 0 Å². The van der Waals surface area contributed by atoms with Crippen LogP contribution in [0.15, 0.2) is 0 Å². The van der Waals surface area contributed by atoms with Crippen molar-refractivity contribution < 1.29 is 10.2 Å². The topological polar surface area (TPSA) is 40.5 Å². The molecule has 2 N–H and O–H groups in total. The monoisotopic (exact) mass is 306 g/mol. The minimum absolute atomic E-state index is 0.130. The van der Waals surface area contributed by atoms with Crippen LogP contribution in [0.25, 0.3) is 0 Å². The number of aliphatic hydroxyl groups excluding tert-OH is 1. The number of rotatable bonds is 0. The summed E-state index contributed by atoms with van der Waals surface area (Å²) in [6, 6.07) is 0. The van der Waals surface area contributed by atoms with Gasteiger partial charge in [0.25, 0.3) is 0 Å². The third kappa shape index (κ3) is 1.50. The van der Waals surface area contributed by atoms with E-state index in [1.54, 1.807) is 0 Å². The molecule has 8 atom stereocenters. The molecule has 4 fully saturated rings. The molecule has 8 unspecified atom stereocenters. The van der Waals surface area contributed by atoms with Gasteiger partial charge in [0, 0.05) is 0 Å². The summed E-state index contributed by atoms with van der Waals surface area (Å²) in [5.74, 6) is 2.10. The lowest BCUT2D eigenvalue weighted by molar-refractivity contribution is -0.273. The second-order valence-corrected chi connectivity index (χ2v) is 10.4. The third-order valence-electron chi connectivity index (χ3n) is 9.33. The minimum atomic E-state index is -0.480. The van der Waals surface area contributed by atoms with E-state index in [0.29, 0.717) is 34.5 Å². The zero-order chi connectivity index (χ0) is 16.1. The Kier molecular flexibility index (Phi) is 2.89. The molecular weight excluding hydrogens is 272 g/mol. The van der Waals surface area contributed by atoms with Crippen LogP contribution in [0, 0.1) is 39.9 Å². The van der Waals surface area contributed by atoms with Gasteiger partial charge >= 0.3 is 0 Å². The van der Waals surface area contributed by atoms with Gasteiger partial charge in [0.2, 0.25) is 0 Å². The Morgan fingerprint density at radius 1 is 0.955 bits per heavy atom. The molecule has 2 nitrogen and oxygen atoms in total. The Morgan fingerprint density at radius 2 is 1.64 bits per heavy atom. The summed E-state index contributed by atoms with van der Waals surface area (Å²) in [4.78, 5) is 0. The molecule has 0 aromatic heterocycles. The van der Waals surface area contributed by atoms with E-state index in [1.165, 1.54) is 12.8 Å². The fourth-order valence-corrected chi connectivity index (χ4v) is 8.34. The largest absolute Gasteiger partial charge is 0.393 e. The van der Waals surface area contributed by atoms with Crippen molar-refractivity contribution in [2.45, 2.75) is 84.8 Å². The van der Waals surface area contributed by atoms with Crippen molar-refractivity contribution in [3.05, 3.63) is 0 Å². The number of hydrogen-bond acceptors (Lipinski definition) is 2. The van der Waals surface area contributed by atoms with E-state index < -0.39 is 5.60 Å². The Morgan fingerprint density at radius 3 is 2.32 bits per heavy atom. The molecule has 0 aromatic rings. The summed E-state index contributed by atoms with van der Waals surface area (Å²) in [6.07, 6.45) is 6.51. The summed E-state index contributed by atoms with van der Waals surface area (Å²) in [5, 5.41) is 21.9. The van der Waals surface area contributed by atoms with Crippen LogP contribution >= 0.6 is 0 Å². The summed E-state index contributed by atoms with van der Waals surface area (Å²) >= 11 is 0. The fraction of sp³-hybridized carbons (Fsp3) is 1.00. The molecule has 4 rings (SSSR count). The highest BCUT2D eigenvalue weighted by Gasteiger charge is 2.73. The standard InChI is InChI=1S/C20H34O2/c1-12-10-15(21)14-11-18(4)7-6-13-16(18)20(12,17(14,2)3)9-8-19(13,5)22/h12-16,21-22H,6-11H2,1-5H3. The van der Waals surface area contributed by atoms with Crippen LogP contribution in [-0.4, -0.2) is 21.9 Å². The van der Waals surface area contributed by atoms with Gasteiger partial charge in [0.15, 0.2) is 0 Å². The van der Waals surface area contributed by atoms with Gasteiger partial charge in [0.05, 0.1) is 11.7 Å². The second kappa shape index (κ2) is 4.11. The van der Waals surface area contributed by atoms with E-state index in [9.17, 15) is 10.2 Å². The van der Waals surface area contributed by atoms with Gasteiger partial charge in [0.1, 0.15) is 0 Å². The van der Waals surface area contributed by atoms with Gasteiger partial charge in [-0.05, 0) is 85.4 Å². The fourth-order valence-electron chi connectivity index (χ4n) is 8.34. The van der Waals surface area contributed by atoms with Gasteiger partial charge in [-0.2, -0.15) is 0 Å². The minimum Gasteiger partial charge on any atom is -0.393 e. The first kappa shape index (κ1) is 15.4. The molecule has 2 heteroatoms. The van der Waals surface area contributed by atoms with Crippen molar-refractivity contribution >= 4 is 0 Å². The number of hydrogen-bond donors (Lipinski definition) is 2. The molecule has 0 amide bonds. The molecule has 0 radical (unpaired) electrons. The van der Waals surface area contributed by atoms with Crippen molar-refractivity contribution in [3.8, 4) is 0 Å². The summed E-state index contributed by atoms with van der Waals surface area (Å²) in [5.41, 5.74) is 0.345. The van der Waals surface area contributed by atoms with Crippen LogP contribution in [0.1, 0.15) is 73.1 Å². The van der Waals surface area contributed by atoms with Crippen molar-refractivity contribution in [3.63, 3.8) is 0 Å². The summed E-state index contributed by atoms with van der Waals surface area (Å²) < 4.78 is 0. The highest BCUT2D eigenvalue weighted by molar-refractivity contribution is 5.22. The molecule has 126 valence electrons. The maximum absolute atomic E-state index is 11.1. The average Bonchev–Trinajstić information content (AvgIpc) is 2.74. The Hall–Kier alpha value is -0.0800. The first-order valence-electron chi connectivity index (χ1n) is 9.47. The quantitative estimate of drug-likeness (QED) is 0.710. The normalized spacial score (nSPS) is 62.6. The second-order valence-electron chi connectivity index (χ2n) is 10.4. The van der Waals surface area contributed by atoms with Crippen molar-refractivity contribution in [2.24, 2.45) is 39.9 Å². The van der Waals surface area contributed by atoms with Crippen LogP contribution in [0.3, 0.4) is 0 Å². The van der Waals surface area contributed by atoms with Gasteiger partial charge in [-0.3, -0.25) is 0 Å². The van der Waals surface area contributed by atoms with Gasteiger partial charge in [-0.1, -0.05) is 27.7 Å². The number of aliphatic hydroxyl groups is 2. The predicted octanol–water partition coefficient (Wildman–Crippen LogP) is 4.00. The van der Waals surface area contributed by atoms with Gasteiger partial charge < -0.3 is 10.2 Å². The van der Waals surface area contributed by atoms with Crippen LogP contribution in [0.4, 0.5) is 0 Å². The lowest BCUT2D eigenvalue weighted by Crippen LogP contribution is -2.69.